The molecule has 1 aliphatic carbocycles. The first-order chi connectivity index (χ1) is 7.77. The van der Waals surface area contributed by atoms with Crippen LogP contribution in [0, 0.1) is 5.92 Å². The summed E-state index contributed by atoms with van der Waals surface area (Å²) in [4.78, 5) is 11.3. The molecule has 2 rings (SSSR count). The number of hydrogen-bond acceptors (Lipinski definition) is 2. The van der Waals surface area contributed by atoms with E-state index in [2.05, 4.69) is 5.32 Å². The number of carbonyl (C=O) groups excluding carboxylic acids is 1. The molecule has 2 N–H and O–H groups in total. The highest BCUT2D eigenvalue weighted by molar-refractivity contribution is 5.80. The number of rotatable bonds is 5. The molecule has 0 aromatic heterocycles. The summed E-state index contributed by atoms with van der Waals surface area (Å²) in [5.74, 6) is 0.383. The van der Waals surface area contributed by atoms with Crippen LogP contribution in [0.3, 0.4) is 0 Å². The Kier molecular flexibility index (Phi) is 3.57. The third kappa shape index (κ3) is 3.07. The number of hydrogen-bond donors (Lipinski definition) is 2. The molecule has 3 heteroatoms. The molecule has 0 unspecified atom stereocenters. The van der Waals surface area contributed by atoms with E-state index in [1.165, 1.54) is 0 Å². The lowest BCUT2D eigenvalue weighted by Crippen LogP contribution is -2.26. The molecular weight excluding hydrogens is 202 g/mol. The first kappa shape index (κ1) is 11.1. The van der Waals surface area contributed by atoms with Crippen molar-refractivity contribution in [1.82, 2.24) is 5.32 Å². The molecule has 1 aromatic rings. The highest BCUT2D eigenvalue weighted by atomic mass is 16.3. The van der Waals surface area contributed by atoms with Crippen molar-refractivity contribution in [3.8, 4) is 0 Å². The monoisotopic (exact) mass is 219 g/mol. The van der Waals surface area contributed by atoms with E-state index in [9.17, 15) is 9.90 Å². The molecule has 1 fully saturated rings. The molecule has 0 saturated heterocycles. The molecule has 86 valence electrons. The number of aliphatic hydroxyl groups excluding tert-OH is 1. The van der Waals surface area contributed by atoms with Crippen LogP contribution >= 0.6 is 0 Å². The summed E-state index contributed by atoms with van der Waals surface area (Å²) >= 11 is 0. The number of benzene rings is 1. The van der Waals surface area contributed by atoms with Crippen molar-refractivity contribution in [2.75, 3.05) is 6.54 Å². The molecular formula is C13H17NO2. The second-order valence-corrected chi connectivity index (χ2v) is 4.28. The van der Waals surface area contributed by atoms with E-state index in [1.54, 1.807) is 0 Å². The van der Waals surface area contributed by atoms with Crippen molar-refractivity contribution in [2.45, 2.75) is 25.4 Å². The topological polar surface area (TPSA) is 49.3 Å². The van der Waals surface area contributed by atoms with Crippen LogP contribution in [0.2, 0.25) is 0 Å². The predicted octanol–water partition coefficient (Wildman–Crippen LogP) is 1.64. The third-order valence-electron chi connectivity index (χ3n) is 2.85. The van der Waals surface area contributed by atoms with Gasteiger partial charge in [0.15, 0.2) is 0 Å². The molecule has 0 radical (unpaired) electrons. The van der Waals surface area contributed by atoms with Gasteiger partial charge in [0.1, 0.15) is 0 Å². The van der Waals surface area contributed by atoms with Crippen LogP contribution in [0.5, 0.6) is 0 Å². The van der Waals surface area contributed by atoms with Gasteiger partial charge in [-0.15, -0.1) is 0 Å². The summed E-state index contributed by atoms with van der Waals surface area (Å²) < 4.78 is 0. The minimum atomic E-state index is -0.485. The zero-order valence-electron chi connectivity index (χ0n) is 9.23. The predicted molar refractivity (Wildman–Crippen MR) is 61.8 cm³/mol. The van der Waals surface area contributed by atoms with Crippen LogP contribution in [0.1, 0.15) is 30.9 Å². The Morgan fingerprint density at radius 2 is 2.06 bits per heavy atom. The van der Waals surface area contributed by atoms with Gasteiger partial charge in [-0.2, -0.15) is 0 Å². The van der Waals surface area contributed by atoms with Crippen molar-refractivity contribution in [3.63, 3.8) is 0 Å². The Morgan fingerprint density at radius 3 is 2.69 bits per heavy atom. The second-order valence-electron chi connectivity index (χ2n) is 4.28. The Hall–Kier alpha value is -1.35. The number of nitrogens with one attached hydrogen (secondary N) is 1. The Bertz CT molecular complexity index is 346. The van der Waals surface area contributed by atoms with Crippen LogP contribution in [0.4, 0.5) is 0 Å². The molecule has 1 amide bonds. The smallest absolute Gasteiger partial charge is 0.223 e. The van der Waals surface area contributed by atoms with Gasteiger partial charge in [0.05, 0.1) is 6.10 Å². The van der Waals surface area contributed by atoms with Crippen LogP contribution in [0.15, 0.2) is 30.3 Å². The molecule has 1 saturated carbocycles. The van der Waals surface area contributed by atoms with E-state index in [0.29, 0.717) is 13.0 Å². The van der Waals surface area contributed by atoms with Gasteiger partial charge in [-0.05, 0) is 24.8 Å². The summed E-state index contributed by atoms with van der Waals surface area (Å²) in [6.45, 7) is 0.547. The van der Waals surface area contributed by atoms with Crippen molar-refractivity contribution in [3.05, 3.63) is 35.9 Å². The lowest BCUT2D eigenvalue weighted by molar-refractivity contribution is -0.122. The van der Waals surface area contributed by atoms with Crippen molar-refractivity contribution >= 4 is 5.91 Å². The second kappa shape index (κ2) is 5.12. The molecule has 1 aliphatic rings. The summed E-state index contributed by atoms with van der Waals surface area (Å²) in [5, 5.41) is 12.7. The number of aliphatic hydroxyl groups is 1. The molecule has 1 aromatic carbocycles. The number of amides is 1. The first-order valence-electron chi connectivity index (χ1n) is 5.78. The van der Waals surface area contributed by atoms with E-state index in [1.807, 2.05) is 30.3 Å². The summed E-state index contributed by atoms with van der Waals surface area (Å²) in [6.07, 6.45) is 2.13. The van der Waals surface area contributed by atoms with Gasteiger partial charge in [0, 0.05) is 12.5 Å². The van der Waals surface area contributed by atoms with E-state index >= 15 is 0 Å². The van der Waals surface area contributed by atoms with Gasteiger partial charge in [-0.1, -0.05) is 30.3 Å². The van der Waals surface area contributed by atoms with E-state index in [-0.39, 0.29) is 11.8 Å². The zero-order chi connectivity index (χ0) is 11.4. The fourth-order valence-electron chi connectivity index (χ4n) is 1.66. The fraction of sp³-hybridized carbons (Fsp3) is 0.462. The van der Waals surface area contributed by atoms with Crippen molar-refractivity contribution in [2.24, 2.45) is 5.92 Å². The molecule has 0 spiro atoms. The molecule has 3 nitrogen and oxygen atoms in total. The molecule has 0 aliphatic heterocycles. The largest absolute Gasteiger partial charge is 0.388 e. The fourth-order valence-corrected chi connectivity index (χ4v) is 1.66. The average molecular weight is 219 g/mol. The molecule has 16 heavy (non-hydrogen) atoms. The standard InChI is InChI=1S/C13H17NO2/c15-12(10-4-2-1-3-5-10)8-9-14-13(16)11-6-7-11/h1-5,11-12,15H,6-9H2,(H,14,16)/t12-/m1/s1. The maximum absolute atomic E-state index is 11.3. The van der Waals surface area contributed by atoms with Crippen LogP contribution in [-0.2, 0) is 4.79 Å². The highest BCUT2D eigenvalue weighted by Crippen LogP contribution is 2.28. The van der Waals surface area contributed by atoms with Gasteiger partial charge in [-0.3, -0.25) is 4.79 Å². The van der Waals surface area contributed by atoms with Gasteiger partial charge in [-0.25, -0.2) is 0 Å². The Morgan fingerprint density at radius 1 is 1.38 bits per heavy atom. The SMILES string of the molecule is O=C(NCC[C@@H](O)c1ccccc1)C1CC1. The summed E-state index contributed by atoms with van der Waals surface area (Å²) in [5.41, 5.74) is 0.906. The molecule has 0 bridgehead atoms. The van der Waals surface area contributed by atoms with Gasteiger partial charge >= 0.3 is 0 Å². The third-order valence-corrected chi connectivity index (χ3v) is 2.85. The minimum Gasteiger partial charge on any atom is -0.388 e. The van der Waals surface area contributed by atoms with Crippen molar-refractivity contribution < 1.29 is 9.90 Å². The van der Waals surface area contributed by atoms with E-state index < -0.39 is 6.10 Å². The lowest BCUT2D eigenvalue weighted by atomic mass is 10.1. The van der Waals surface area contributed by atoms with Crippen LogP contribution in [-0.4, -0.2) is 17.6 Å². The van der Waals surface area contributed by atoms with E-state index in [4.69, 9.17) is 0 Å². The highest BCUT2D eigenvalue weighted by Gasteiger charge is 2.29. The van der Waals surface area contributed by atoms with Crippen LogP contribution < -0.4 is 5.32 Å². The Labute approximate surface area is 95.5 Å². The maximum Gasteiger partial charge on any atom is 0.223 e. The summed E-state index contributed by atoms with van der Waals surface area (Å²) in [6, 6.07) is 9.52. The van der Waals surface area contributed by atoms with Crippen molar-refractivity contribution in [1.29, 1.82) is 0 Å². The maximum atomic E-state index is 11.3. The first-order valence-corrected chi connectivity index (χ1v) is 5.78. The average Bonchev–Trinajstić information content (AvgIpc) is 3.14. The normalized spacial score (nSPS) is 16.8. The molecule has 0 heterocycles. The zero-order valence-corrected chi connectivity index (χ0v) is 9.23. The number of carbonyl (C=O) groups is 1. The lowest BCUT2D eigenvalue weighted by Gasteiger charge is -2.11. The minimum absolute atomic E-state index is 0.139. The van der Waals surface area contributed by atoms with Gasteiger partial charge in [0.2, 0.25) is 5.91 Å². The summed E-state index contributed by atoms with van der Waals surface area (Å²) in [7, 11) is 0. The Balaban J connectivity index is 1.71. The van der Waals surface area contributed by atoms with Gasteiger partial charge in [0.25, 0.3) is 0 Å². The molecule has 1 atom stereocenters. The van der Waals surface area contributed by atoms with Crippen LogP contribution in [0.25, 0.3) is 0 Å². The van der Waals surface area contributed by atoms with E-state index in [0.717, 1.165) is 18.4 Å². The van der Waals surface area contributed by atoms with Gasteiger partial charge < -0.3 is 10.4 Å². The quantitative estimate of drug-likeness (QED) is 0.791.